The van der Waals surface area contributed by atoms with Crippen molar-refractivity contribution < 1.29 is 9.53 Å². The molecule has 0 aromatic carbocycles. The highest BCUT2D eigenvalue weighted by molar-refractivity contribution is 7.08. The quantitative estimate of drug-likeness (QED) is 0.904. The monoisotopic (exact) mass is 296 g/mol. The lowest BCUT2D eigenvalue weighted by molar-refractivity contribution is 0.144. The molecule has 20 heavy (non-hydrogen) atoms. The standard InChI is InChI=1S/C15H24N2O2S/c1-3-5-12-8-13(16-15(18)19-4-2)10-17(9-12)14-6-7-20-11-14/h6-7,11-13H,3-5,8-10H2,1-2H3,(H,16,18). The normalized spacial score (nSPS) is 22.6. The minimum absolute atomic E-state index is 0.180. The summed E-state index contributed by atoms with van der Waals surface area (Å²) < 4.78 is 5.00. The summed E-state index contributed by atoms with van der Waals surface area (Å²) in [7, 11) is 0. The zero-order valence-corrected chi connectivity index (χ0v) is 13.1. The topological polar surface area (TPSA) is 41.6 Å². The van der Waals surface area contributed by atoms with Crippen LogP contribution >= 0.6 is 11.3 Å². The SMILES string of the molecule is CCCC1CC(NC(=O)OCC)CN(c2ccsc2)C1. The van der Waals surface area contributed by atoms with Crippen LogP contribution in [-0.2, 0) is 4.74 Å². The zero-order valence-electron chi connectivity index (χ0n) is 12.3. The van der Waals surface area contributed by atoms with Gasteiger partial charge in [0.1, 0.15) is 0 Å². The Morgan fingerprint density at radius 2 is 2.35 bits per heavy atom. The molecular weight excluding hydrogens is 272 g/mol. The van der Waals surface area contributed by atoms with Crippen LogP contribution in [0.1, 0.15) is 33.1 Å². The number of hydrogen-bond donors (Lipinski definition) is 1. The molecule has 0 bridgehead atoms. The molecule has 5 heteroatoms. The van der Waals surface area contributed by atoms with E-state index in [2.05, 4.69) is 34.0 Å². The fraction of sp³-hybridized carbons (Fsp3) is 0.667. The summed E-state index contributed by atoms with van der Waals surface area (Å²) in [5.41, 5.74) is 1.27. The molecule has 112 valence electrons. The number of piperidine rings is 1. The van der Waals surface area contributed by atoms with Crippen LogP contribution in [0, 0.1) is 5.92 Å². The molecule has 2 atom stereocenters. The molecule has 0 spiro atoms. The van der Waals surface area contributed by atoms with Gasteiger partial charge in [-0.05, 0) is 37.1 Å². The maximum absolute atomic E-state index is 11.6. The van der Waals surface area contributed by atoms with Crippen molar-refractivity contribution in [3.8, 4) is 0 Å². The van der Waals surface area contributed by atoms with Crippen molar-refractivity contribution in [1.29, 1.82) is 0 Å². The van der Waals surface area contributed by atoms with Gasteiger partial charge in [0.15, 0.2) is 0 Å². The molecule has 2 unspecified atom stereocenters. The van der Waals surface area contributed by atoms with Crippen LogP contribution in [0.15, 0.2) is 16.8 Å². The van der Waals surface area contributed by atoms with Gasteiger partial charge < -0.3 is 15.0 Å². The Labute approximate surface area is 125 Å². The molecule has 0 radical (unpaired) electrons. The van der Waals surface area contributed by atoms with E-state index in [1.165, 1.54) is 18.5 Å². The van der Waals surface area contributed by atoms with Crippen molar-refractivity contribution in [3.63, 3.8) is 0 Å². The van der Waals surface area contributed by atoms with Crippen LogP contribution in [0.4, 0.5) is 10.5 Å². The molecule has 1 aliphatic rings. The second kappa shape index (κ2) is 7.53. The molecule has 1 N–H and O–H groups in total. The van der Waals surface area contributed by atoms with E-state index in [9.17, 15) is 4.79 Å². The lowest BCUT2D eigenvalue weighted by Gasteiger charge is -2.38. The van der Waals surface area contributed by atoms with Crippen molar-refractivity contribution in [3.05, 3.63) is 16.8 Å². The number of thiophene rings is 1. The predicted molar refractivity (Wildman–Crippen MR) is 83.5 cm³/mol. The minimum Gasteiger partial charge on any atom is -0.450 e. The van der Waals surface area contributed by atoms with Gasteiger partial charge in [-0.2, -0.15) is 11.3 Å². The zero-order chi connectivity index (χ0) is 14.4. The number of carbonyl (C=O) groups is 1. The largest absolute Gasteiger partial charge is 0.450 e. The maximum atomic E-state index is 11.6. The first kappa shape index (κ1) is 15.2. The molecule has 1 fully saturated rings. The van der Waals surface area contributed by atoms with E-state index in [4.69, 9.17) is 4.74 Å². The number of anilines is 1. The Morgan fingerprint density at radius 1 is 1.50 bits per heavy atom. The fourth-order valence-electron chi connectivity index (χ4n) is 2.91. The molecule has 1 aliphatic heterocycles. The Morgan fingerprint density at radius 3 is 3.00 bits per heavy atom. The van der Waals surface area contributed by atoms with E-state index < -0.39 is 0 Å². The molecule has 2 heterocycles. The highest BCUT2D eigenvalue weighted by atomic mass is 32.1. The van der Waals surface area contributed by atoms with Gasteiger partial charge in [0.2, 0.25) is 0 Å². The number of nitrogens with zero attached hydrogens (tertiary/aromatic N) is 1. The molecule has 1 aromatic heterocycles. The van der Waals surface area contributed by atoms with Gasteiger partial charge in [-0.1, -0.05) is 13.3 Å². The molecule has 2 rings (SSSR count). The van der Waals surface area contributed by atoms with Crippen LogP contribution in [0.25, 0.3) is 0 Å². The number of nitrogens with one attached hydrogen (secondary N) is 1. The molecule has 1 aromatic rings. The van der Waals surface area contributed by atoms with E-state index in [-0.39, 0.29) is 12.1 Å². The van der Waals surface area contributed by atoms with Gasteiger partial charge >= 0.3 is 6.09 Å². The Bertz CT molecular complexity index is 408. The first-order valence-corrected chi connectivity index (χ1v) is 8.37. The predicted octanol–water partition coefficient (Wildman–Crippen LogP) is 3.49. The van der Waals surface area contributed by atoms with Crippen molar-refractivity contribution in [2.75, 3.05) is 24.6 Å². The average molecular weight is 296 g/mol. The Hall–Kier alpha value is -1.23. The summed E-state index contributed by atoms with van der Waals surface area (Å²) >= 11 is 1.72. The fourth-order valence-corrected chi connectivity index (χ4v) is 3.58. The lowest BCUT2D eigenvalue weighted by atomic mass is 9.90. The van der Waals surface area contributed by atoms with Crippen molar-refractivity contribution in [2.24, 2.45) is 5.92 Å². The third kappa shape index (κ3) is 4.13. The highest BCUT2D eigenvalue weighted by Crippen LogP contribution is 2.27. The Kier molecular flexibility index (Phi) is 5.71. The summed E-state index contributed by atoms with van der Waals surface area (Å²) in [4.78, 5) is 14.0. The smallest absolute Gasteiger partial charge is 0.407 e. The van der Waals surface area contributed by atoms with Crippen LogP contribution in [-0.4, -0.2) is 31.8 Å². The third-order valence-electron chi connectivity index (χ3n) is 3.70. The van der Waals surface area contributed by atoms with Gasteiger partial charge in [0.05, 0.1) is 12.6 Å². The second-order valence-electron chi connectivity index (χ2n) is 5.34. The van der Waals surface area contributed by atoms with E-state index in [1.807, 2.05) is 6.92 Å². The van der Waals surface area contributed by atoms with E-state index >= 15 is 0 Å². The van der Waals surface area contributed by atoms with E-state index in [0.29, 0.717) is 12.5 Å². The van der Waals surface area contributed by atoms with E-state index in [1.54, 1.807) is 11.3 Å². The summed E-state index contributed by atoms with van der Waals surface area (Å²) in [6, 6.07) is 2.33. The van der Waals surface area contributed by atoms with Gasteiger partial charge in [-0.15, -0.1) is 0 Å². The lowest BCUT2D eigenvalue weighted by Crippen LogP contribution is -2.51. The number of ether oxygens (including phenoxy) is 1. The maximum Gasteiger partial charge on any atom is 0.407 e. The van der Waals surface area contributed by atoms with Crippen LogP contribution in [0.2, 0.25) is 0 Å². The number of alkyl carbamates (subject to hydrolysis) is 1. The molecular formula is C15H24N2O2S. The summed E-state index contributed by atoms with van der Waals surface area (Å²) in [6.45, 7) is 6.43. The molecule has 4 nitrogen and oxygen atoms in total. The van der Waals surface area contributed by atoms with Crippen LogP contribution in [0.5, 0.6) is 0 Å². The van der Waals surface area contributed by atoms with Gasteiger partial charge in [-0.25, -0.2) is 4.79 Å². The van der Waals surface area contributed by atoms with Crippen LogP contribution < -0.4 is 10.2 Å². The molecule has 1 saturated heterocycles. The molecule has 0 saturated carbocycles. The molecule has 1 amide bonds. The summed E-state index contributed by atoms with van der Waals surface area (Å²) in [5.74, 6) is 0.639. The minimum atomic E-state index is -0.292. The number of amides is 1. The average Bonchev–Trinajstić information content (AvgIpc) is 2.93. The van der Waals surface area contributed by atoms with Crippen LogP contribution in [0.3, 0.4) is 0 Å². The molecule has 0 aliphatic carbocycles. The number of hydrogen-bond acceptors (Lipinski definition) is 4. The summed E-state index contributed by atoms with van der Waals surface area (Å²) in [6.07, 6.45) is 3.16. The highest BCUT2D eigenvalue weighted by Gasteiger charge is 2.28. The Balaban J connectivity index is 1.99. The number of rotatable bonds is 5. The first-order chi connectivity index (χ1) is 9.72. The second-order valence-corrected chi connectivity index (χ2v) is 6.12. The van der Waals surface area contributed by atoms with Gasteiger partial charge in [0, 0.05) is 24.2 Å². The first-order valence-electron chi connectivity index (χ1n) is 7.43. The van der Waals surface area contributed by atoms with Crippen molar-refractivity contribution in [2.45, 2.75) is 39.2 Å². The van der Waals surface area contributed by atoms with Gasteiger partial charge in [-0.3, -0.25) is 0 Å². The number of carbonyl (C=O) groups excluding carboxylic acids is 1. The van der Waals surface area contributed by atoms with E-state index in [0.717, 1.165) is 19.5 Å². The van der Waals surface area contributed by atoms with Crippen molar-refractivity contribution >= 4 is 23.1 Å². The van der Waals surface area contributed by atoms with Crippen molar-refractivity contribution in [1.82, 2.24) is 5.32 Å². The van der Waals surface area contributed by atoms with Gasteiger partial charge in [0.25, 0.3) is 0 Å². The summed E-state index contributed by atoms with van der Waals surface area (Å²) in [5, 5.41) is 7.28. The third-order valence-corrected chi connectivity index (χ3v) is 4.37.